The van der Waals surface area contributed by atoms with Gasteiger partial charge >= 0.3 is 0 Å². The minimum atomic E-state index is -2.88. The lowest BCUT2D eigenvalue weighted by Crippen LogP contribution is -2.40. The number of nitrogens with zero attached hydrogens (tertiary/aromatic N) is 3. The number of nitrogens with one attached hydrogen (secondary N) is 1. The summed E-state index contributed by atoms with van der Waals surface area (Å²) in [6.07, 6.45) is -1.06. The van der Waals surface area contributed by atoms with E-state index in [0.717, 1.165) is 0 Å². The second-order valence-electron chi connectivity index (χ2n) is 6.24. The van der Waals surface area contributed by atoms with E-state index in [1.807, 2.05) is 0 Å². The Morgan fingerprint density at radius 3 is 2.76 bits per heavy atom. The van der Waals surface area contributed by atoms with Crippen molar-refractivity contribution >= 4 is 11.6 Å². The number of hydrogen-bond donors (Lipinski definition) is 2. The van der Waals surface area contributed by atoms with Gasteiger partial charge in [0.1, 0.15) is 6.04 Å². The van der Waals surface area contributed by atoms with Crippen LogP contribution in [0.4, 0.5) is 17.6 Å². The third-order valence-electron chi connectivity index (χ3n) is 4.18. The highest BCUT2D eigenvalue weighted by atomic mass is 19.3. The molecule has 2 heterocycles. The van der Waals surface area contributed by atoms with Gasteiger partial charge in [-0.3, -0.25) is 4.79 Å². The molecule has 1 aliphatic carbocycles. The van der Waals surface area contributed by atoms with Gasteiger partial charge < -0.3 is 11.1 Å². The fourth-order valence-electron chi connectivity index (χ4n) is 2.92. The molecule has 10 heteroatoms. The monoisotopic (exact) mass is 359 g/mol. The van der Waals surface area contributed by atoms with Crippen LogP contribution in [0.3, 0.4) is 0 Å². The molecule has 1 amide bonds. The van der Waals surface area contributed by atoms with Gasteiger partial charge in [0.25, 0.3) is 6.43 Å². The fourth-order valence-corrected chi connectivity index (χ4v) is 2.92. The standard InChI is InChI=1S/C15H17F4N5O/c16-14(17)13(23-12(25)1-8-3-15(18,19)4-8)9-2-11-22-10(5-20)7-24(11)21-6-9/h2,6-8,13-14H,1,3-5,20H2,(H,23,25). The number of nitrogens with two attached hydrogens (primary N) is 1. The Labute approximate surface area is 140 Å². The molecule has 0 spiro atoms. The van der Waals surface area contributed by atoms with Crippen molar-refractivity contribution in [3.05, 3.63) is 29.7 Å². The summed E-state index contributed by atoms with van der Waals surface area (Å²) in [5.74, 6) is -3.91. The maximum atomic E-state index is 13.4. The molecule has 3 N–H and O–H groups in total. The number of carbonyl (C=O) groups is 1. The van der Waals surface area contributed by atoms with Gasteiger partial charge in [-0.1, -0.05) is 0 Å². The molecule has 1 unspecified atom stereocenters. The number of halogens is 4. The minimum Gasteiger partial charge on any atom is -0.343 e. The Hall–Kier alpha value is -2.23. The van der Waals surface area contributed by atoms with E-state index in [9.17, 15) is 22.4 Å². The predicted molar refractivity (Wildman–Crippen MR) is 80.1 cm³/mol. The summed E-state index contributed by atoms with van der Waals surface area (Å²) in [6.45, 7) is 0.180. The minimum absolute atomic E-state index is 0.0870. The number of alkyl halides is 4. The van der Waals surface area contributed by atoms with Gasteiger partial charge in [0, 0.05) is 31.4 Å². The Balaban J connectivity index is 1.71. The maximum Gasteiger partial charge on any atom is 0.262 e. The molecule has 1 atom stereocenters. The second-order valence-corrected chi connectivity index (χ2v) is 6.24. The topological polar surface area (TPSA) is 85.3 Å². The van der Waals surface area contributed by atoms with Gasteiger partial charge in [0.05, 0.1) is 18.1 Å². The molecule has 2 aromatic heterocycles. The number of rotatable bonds is 6. The molecule has 0 saturated heterocycles. The summed E-state index contributed by atoms with van der Waals surface area (Å²) in [5, 5.41) is 6.19. The summed E-state index contributed by atoms with van der Waals surface area (Å²) in [6, 6.07) is -0.190. The molecule has 136 valence electrons. The van der Waals surface area contributed by atoms with E-state index < -0.39 is 30.2 Å². The SMILES string of the molecule is NCc1cn2ncc(C(NC(=O)CC3CC(F)(F)C3)C(F)F)cc2n1. The van der Waals surface area contributed by atoms with Crippen molar-refractivity contribution in [2.24, 2.45) is 11.7 Å². The summed E-state index contributed by atoms with van der Waals surface area (Å²) < 4.78 is 53.7. The number of amides is 1. The molecule has 25 heavy (non-hydrogen) atoms. The highest BCUT2D eigenvalue weighted by Gasteiger charge is 2.45. The van der Waals surface area contributed by atoms with Crippen LogP contribution in [-0.2, 0) is 11.3 Å². The van der Waals surface area contributed by atoms with Crippen LogP contribution in [0.25, 0.3) is 5.65 Å². The van der Waals surface area contributed by atoms with Crippen LogP contribution in [0, 0.1) is 5.92 Å². The zero-order valence-corrected chi connectivity index (χ0v) is 13.1. The fraction of sp³-hybridized carbons (Fsp3) is 0.533. The molecular formula is C15H17F4N5O. The largest absolute Gasteiger partial charge is 0.343 e. The van der Waals surface area contributed by atoms with E-state index in [2.05, 4.69) is 15.4 Å². The van der Waals surface area contributed by atoms with Crippen molar-refractivity contribution < 1.29 is 22.4 Å². The van der Waals surface area contributed by atoms with Crippen molar-refractivity contribution in [3.63, 3.8) is 0 Å². The third kappa shape index (κ3) is 3.89. The summed E-state index contributed by atoms with van der Waals surface area (Å²) in [4.78, 5) is 16.0. The number of carbonyl (C=O) groups excluding carboxylic acids is 1. The number of fused-ring (bicyclic) bond motifs is 1. The van der Waals surface area contributed by atoms with Crippen molar-refractivity contribution in [1.82, 2.24) is 19.9 Å². The zero-order chi connectivity index (χ0) is 18.2. The zero-order valence-electron chi connectivity index (χ0n) is 13.1. The van der Waals surface area contributed by atoms with E-state index in [4.69, 9.17) is 5.73 Å². The van der Waals surface area contributed by atoms with E-state index in [1.54, 1.807) is 6.20 Å². The van der Waals surface area contributed by atoms with Crippen LogP contribution in [0.2, 0.25) is 0 Å². The highest BCUT2D eigenvalue weighted by Crippen LogP contribution is 2.44. The highest BCUT2D eigenvalue weighted by molar-refractivity contribution is 5.77. The Morgan fingerprint density at radius 1 is 1.44 bits per heavy atom. The van der Waals surface area contributed by atoms with Crippen molar-refractivity contribution in [2.75, 3.05) is 0 Å². The van der Waals surface area contributed by atoms with Crippen molar-refractivity contribution in [3.8, 4) is 0 Å². The van der Waals surface area contributed by atoms with Gasteiger partial charge in [-0.15, -0.1) is 0 Å². The first-order valence-electron chi connectivity index (χ1n) is 7.77. The molecule has 0 aliphatic heterocycles. The normalized spacial score (nSPS) is 18.3. The Bertz CT molecular complexity index is 770. The smallest absolute Gasteiger partial charge is 0.262 e. The van der Waals surface area contributed by atoms with Crippen LogP contribution >= 0.6 is 0 Å². The first-order valence-corrected chi connectivity index (χ1v) is 7.77. The first-order chi connectivity index (χ1) is 11.8. The van der Waals surface area contributed by atoms with Crippen LogP contribution in [0.1, 0.15) is 36.6 Å². The molecule has 6 nitrogen and oxygen atoms in total. The number of aromatic nitrogens is 3. The van der Waals surface area contributed by atoms with E-state index in [0.29, 0.717) is 11.3 Å². The van der Waals surface area contributed by atoms with Crippen LogP contribution in [0.15, 0.2) is 18.5 Å². The quantitative estimate of drug-likeness (QED) is 0.773. The van der Waals surface area contributed by atoms with Gasteiger partial charge in [-0.05, 0) is 12.0 Å². The van der Waals surface area contributed by atoms with E-state index in [-0.39, 0.29) is 31.4 Å². The maximum absolute atomic E-state index is 13.4. The Morgan fingerprint density at radius 2 is 2.16 bits per heavy atom. The first kappa shape index (κ1) is 17.6. The van der Waals surface area contributed by atoms with Crippen LogP contribution in [-0.4, -0.2) is 32.9 Å². The lowest BCUT2D eigenvalue weighted by Gasteiger charge is -2.34. The van der Waals surface area contributed by atoms with Gasteiger partial charge in [0.15, 0.2) is 5.65 Å². The molecule has 1 saturated carbocycles. The molecular weight excluding hydrogens is 342 g/mol. The van der Waals surface area contributed by atoms with Gasteiger partial charge in [-0.25, -0.2) is 27.1 Å². The average Bonchev–Trinajstić information content (AvgIpc) is 2.92. The predicted octanol–water partition coefficient (Wildman–Crippen LogP) is 2.05. The molecule has 1 aliphatic rings. The molecule has 2 aromatic rings. The summed E-state index contributed by atoms with van der Waals surface area (Å²) >= 11 is 0. The molecule has 0 radical (unpaired) electrons. The van der Waals surface area contributed by atoms with Gasteiger partial charge in [-0.2, -0.15) is 5.10 Å². The van der Waals surface area contributed by atoms with E-state index >= 15 is 0 Å². The Kier molecular flexibility index (Phi) is 4.63. The number of imidazole rings is 1. The van der Waals surface area contributed by atoms with Crippen molar-refractivity contribution in [2.45, 2.75) is 44.2 Å². The van der Waals surface area contributed by atoms with Crippen molar-refractivity contribution in [1.29, 1.82) is 0 Å². The second kappa shape index (κ2) is 6.58. The molecule has 0 bridgehead atoms. The van der Waals surface area contributed by atoms with E-state index in [1.165, 1.54) is 16.8 Å². The van der Waals surface area contributed by atoms with Crippen LogP contribution in [0.5, 0.6) is 0 Å². The van der Waals surface area contributed by atoms with Gasteiger partial charge in [0.2, 0.25) is 11.8 Å². The third-order valence-corrected chi connectivity index (χ3v) is 4.18. The van der Waals surface area contributed by atoms with Crippen LogP contribution < -0.4 is 11.1 Å². The average molecular weight is 359 g/mol. The molecule has 0 aromatic carbocycles. The lowest BCUT2D eigenvalue weighted by molar-refractivity contribution is -0.135. The lowest BCUT2D eigenvalue weighted by atomic mass is 9.79. The summed E-state index contributed by atoms with van der Waals surface area (Å²) in [5.41, 5.74) is 6.44. The number of hydrogen-bond acceptors (Lipinski definition) is 4. The summed E-state index contributed by atoms with van der Waals surface area (Å²) in [7, 11) is 0. The molecule has 1 fully saturated rings. The molecule has 3 rings (SSSR count).